The molecule has 0 aromatic heterocycles. The Kier molecular flexibility index (Phi) is 3.89. The number of benzene rings is 1. The van der Waals surface area contributed by atoms with Crippen LogP contribution < -0.4 is 4.89 Å². The van der Waals surface area contributed by atoms with E-state index in [4.69, 9.17) is 0 Å². The third-order valence-corrected chi connectivity index (χ3v) is 1.46. The zero-order chi connectivity index (χ0) is 8.81. The summed E-state index contributed by atoms with van der Waals surface area (Å²) in [5.74, 6) is 0. The molecule has 0 aliphatic heterocycles. The summed E-state index contributed by atoms with van der Waals surface area (Å²) in [5.41, 5.74) is 0.912. The van der Waals surface area contributed by atoms with E-state index in [0.29, 0.717) is 0 Å². The molecule has 0 fully saturated rings. The van der Waals surface area contributed by atoms with E-state index in [1.165, 1.54) is 0 Å². The predicted octanol–water partition coefficient (Wildman–Crippen LogP) is 0.502. The van der Waals surface area contributed by atoms with Crippen LogP contribution in [0, 0.1) is 0 Å². The van der Waals surface area contributed by atoms with Crippen LogP contribution in [0.5, 0.6) is 0 Å². The SMILES string of the molecule is O=S([O-])NOCc1ccccc1. The van der Waals surface area contributed by atoms with Crippen molar-refractivity contribution in [3.05, 3.63) is 35.9 Å². The molecule has 12 heavy (non-hydrogen) atoms. The van der Waals surface area contributed by atoms with Crippen LogP contribution in [0.3, 0.4) is 0 Å². The highest BCUT2D eigenvalue weighted by molar-refractivity contribution is 7.76. The quantitative estimate of drug-likeness (QED) is 0.550. The largest absolute Gasteiger partial charge is 0.758 e. The van der Waals surface area contributed by atoms with Crippen molar-refractivity contribution < 1.29 is 13.6 Å². The van der Waals surface area contributed by atoms with E-state index >= 15 is 0 Å². The summed E-state index contributed by atoms with van der Waals surface area (Å²) in [4.78, 5) is 6.43. The minimum Gasteiger partial charge on any atom is -0.758 e. The molecule has 1 aromatic carbocycles. The summed E-state index contributed by atoms with van der Waals surface area (Å²) < 4.78 is 19.9. The Morgan fingerprint density at radius 2 is 2.08 bits per heavy atom. The monoisotopic (exact) mass is 186 g/mol. The Hall–Kier alpha value is -0.750. The smallest absolute Gasteiger partial charge is 0.0944 e. The van der Waals surface area contributed by atoms with E-state index in [1.807, 2.05) is 35.2 Å². The average Bonchev–Trinajstić information content (AvgIpc) is 2.05. The molecule has 0 aliphatic carbocycles. The molecule has 5 heteroatoms. The van der Waals surface area contributed by atoms with Gasteiger partial charge in [0.1, 0.15) is 0 Å². The molecule has 0 amide bonds. The Morgan fingerprint density at radius 3 is 2.67 bits per heavy atom. The van der Waals surface area contributed by atoms with Gasteiger partial charge >= 0.3 is 0 Å². The maximum atomic E-state index is 9.95. The van der Waals surface area contributed by atoms with Gasteiger partial charge < -0.3 is 4.55 Å². The first-order valence-corrected chi connectivity index (χ1v) is 4.37. The van der Waals surface area contributed by atoms with E-state index in [1.54, 1.807) is 0 Å². The third-order valence-electron chi connectivity index (χ3n) is 1.21. The van der Waals surface area contributed by atoms with E-state index < -0.39 is 11.3 Å². The van der Waals surface area contributed by atoms with Gasteiger partial charge in [0.25, 0.3) is 0 Å². The molecule has 1 unspecified atom stereocenters. The second-order valence-electron chi connectivity index (χ2n) is 2.09. The van der Waals surface area contributed by atoms with Crippen molar-refractivity contribution in [1.82, 2.24) is 4.89 Å². The number of nitrogens with one attached hydrogen (secondary N) is 1. The second-order valence-corrected chi connectivity index (χ2v) is 2.73. The molecule has 0 heterocycles. The molecule has 1 aromatic rings. The molecular weight excluding hydrogens is 178 g/mol. The van der Waals surface area contributed by atoms with Crippen LogP contribution in [0.4, 0.5) is 0 Å². The lowest BCUT2D eigenvalue weighted by atomic mass is 10.2. The molecule has 1 N–H and O–H groups in total. The van der Waals surface area contributed by atoms with Gasteiger partial charge in [-0.1, -0.05) is 30.3 Å². The Bertz CT molecular complexity index is 252. The van der Waals surface area contributed by atoms with Gasteiger partial charge in [0.2, 0.25) is 0 Å². The van der Waals surface area contributed by atoms with Gasteiger partial charge in [-0.2, -0.15) is 0 Å². The van der Waals surface area contributed by atoms with Crippen LogP contribution in [-0.2, 0) is 22.7 Å². The van der Waals surface area contributed by atoms with Crippen molar-refractivity contribution >= 4 is 11.3 Å². The average molecular weight is 186 g/mol. The fourth-order valence-electron chi connectivity index (χ4n) is 0.735. The van der Waals surface area contributed by atoms with E-state index in [2.05, 4.69) is 4.84 Å². The van der Waals surface area contributed by atoms with Gasteiger partial charge in [0, 0.05) is 11.3 Å². The molecule has 0 spiro atoms. The minimum atomic E-state index is -2.36. The van der Waals surface area contributed by atoms with Gasteiger partial charge in [-0.15, -0.1) is 4.89 Å². The first kappa shape index (κ1) is 9.34. The summed E-state index contributed by atoms with van der Waals surface area (Å²) in [6.07, 6.45) is 0. The van der Waals surface area contributed by atoms with Crippen LogP contribution in [0.25, 0.3) is 0 Å². The zero-order valence-corrected chi connectivity index (χ0v) is 7.04. The molecule has 0 saturated heterocycles. The van der Waals surface area contributed by atoms with Crippen LogP contribution >= 0.6 is 0 Å². The fourth-order valence-corrected chi connectivity index (χ4v) is 0.890. The lowest BCUT2D eigenvalue weighted by molar-refractivity contribution is 0.0779. The molecular formula is C7H8NO3S-. The van der Waals surface area contributed by atoms with Gasteiger partial charge in [-0.25, -0.2) is 0 Å². The maximum Gasteiger partial charge on any atom is 0.0944 e. The molecule has 0 radical (unpaired) electrons. The molecule has 4 nitrogen and oxygen atoms in total. The van der Waals surface area contributed by atoms with Gasteiger partial charge in [-0.3, -0.25) is 9.05 Å². The highest BCUT2D eigenvalue weighted by atomic mass is 32.2. The van der Waals surface area contributed by atoms with Crippen molar-refractivity contribution in [2.45, 2.75) is 6.61 Å². The van der Waals surface area contributed by atoms with Crippen LogP contribution in [-0.4, -0.2) is 8.76 Å². The molecule has 66 valence electrons. The van der Waals surface area contributed by atoms with Gasteiger partial charge in [0.05, 0.1) is 6.61 Å². The molecule has 1 atom stereocenters. The summed E-state index contributed by atoms with van der Waals surface area (Å²) in [6, 6.07) is 9.27. The third kappa shape index (κ3) is 3.59. The fraction of sp³-hybridized carbons (Fsp3) is 0.143. The van der Waals surface area contributed by atoms with E-state index in [0.717, 1.165) is 5.56 Å². The van der Waals surface area contributed by atoms with Crippen molar-refractivity contribution in [3.8, 4) is 0 Å². The first-order valence-electron chi connectivity index (χ1n) is 3.29. The number of rotatable bonds is 4. The van der Waals surface area contributed by atoms with E-state index in [-0.39, 0.29) is 6.61 Å². The molecule has 0 aliphatic rings. The van der Waals surface area contributed by atoms with Crippen molar-refractivity contribution in [1.29, 1.82) is 0 Å². The maximum absolute atomic E-state index is 9.95. The minimum absolute atomic E-state index is 0.231. The van der Waals surface area contributed by atoms with Crippen LogP contribution in [0.1, 0.15) is 5.56 Å². The van der Waals surface area contributed by atoms with Gasteiger partial charge in [0.15, 0.2) is 0 Å². The summed E-state index contributed by atoms with van der Waals surface area (Å²) in [5, 5.41) is 0. The van der Waals surface area contributed by atoms with Crippen LogP contribution in [0.2, 0.25) is 0 Å². The summed E-state index contributed by atoms with van der Waals surface area (Å²) >= 11 is -2.36. The molecule has 0 bridgehead atoms. The summed E-state index contributed by atoms with van der Waals surface area (Å²) in [6.45, 7) is 0.231. The highest BCUT2D eigenvalue weighted by Gasteiger charge is 1.89. The lowest BCUT2D eigenvalue weighted by Gasteiger charge is -2.06. The van der Waals surface area contributed by atoms with Crippen molar-refractivity contribution in [3.63, 3.8) is 0 Å². The van der Waals surface area contributed by atoms with Crippen LogP contribution in [0.15, 0.2) is 30.3 Å². The van der Waals surface area contributed by atoms with Crippen molar-refractivity contribution in [2.75, 3.05) is 0 Å². The Balaban J connectivity index is 2.29. The molecule has 1 rings (SSSR count). The van der Waals surface area contributed by atoms with Crippen molar-refractivity contribution in [2.24, 2.45) is 0 Å². The number of hydrogen-bond donors (Lipinski definition) is 1. The Labute approximate surface area is 72.9 Å². The standard InChI is InChI=1S/C7H9NO3S/c9-12(10)8-11-6-7-4-2-1-3-5-7/h1-5,8H,6H2,(H,9,10)/p-1. The predicted molar refractivity (Wildman–Crippen MR) is 43.3 cm³/mol. The lowest BCUT2D eigenvalue weighted by Crippen LogP contribution is -2.16. The summed E-state index contributed by atoms with van der Waals surface area (Å²) in [7, 11) is 0. The zero-order valence-electron chi connectivity index (χ0n) is 6.23. The Morgan fingerprint density at radius 1 is 1.42 bits per heavy atom. The topological polar surface area (TPSA) is 61.4 Å². The molecule has 0 saturated carbocycles. The normalized spacial score (nSPS) is 12.8. The van der Waals surface area contributed by atoms with E-state index in [9.17, 15) is 8.76 Å². The first-order chi connectivity index (χ1) is 5.79. The van der Waals surface area contributed by atoms with Gasteiger partial charge in [-0.05, 0) is 5.56 Å². The highest BCUT2D eigenvalue weighted by Crippen LogP contribution is 1.98. The number of hydrogen-bond acceptors (Lipinski definition) is 3. The second kappa shape index (κ2) is 5.00.